The molecule has 2 heterocycles. The van der Waals surface area contributed by atoms with Crippen molar-refractivity contribution in [3.05, 3.63) is 68.6 Å². The van der Waals surface area contributed by atoms with E-state index in [1.807, 2.05) is 6.07 Å². The zero-order chi connectivity index (χ0) is 16.0. The molecule has 1 unspecified atom stereocenters. The maximum absolute atomic E-state index is 11.2. The van der Waals surface area contributed by atoms with Gasteiger partial charge >= 0.3 is 0 Å². The summed E-state index contributed by atoms with van der Waals surface area (Å²) in [6.07, 6.45) is 8.48. The largest absolute Gasteiger partial charge is 0.470 e. The minimum absolute atomic E-state index is 0.0744. The van der Waals surface area contributed by atoms with Gasteiger partial charge in [0.2, 0.25) is 0 Å². The molecule has 6 heteroatoms. The summed E-state index contributed by atoms with van der Waals surface area (Å²) in [4.78, 5) is 15.4. The Labute approximate surface area is 137 Å². The summed E-state index contributed by atoms with van der Waals surface area (Å²) in [5.41, 5.74) is 4.69. The van der Waals surface area contributed by atoms with E-state index in [4.69, 9.17) is 16.0 Å². The van der Waals surface area contributed by atoms with Gasteiger partial charge in [0, 0.05) is 23.3 Å². The Kier molecular flexibility index (Phi) is 3.31. The second-order valence-corrected chi connectivity index (χ2v) is 6.13. The zero-order valence-electron chi connectivity index (χ0n) is 12.2. The summed E-state index contributed by atoms with van der Waals surface area (Å²) >= 11 is 5.95. The van der Waals surface area contributed by atoms with Crippen molar-refractivity contribution in [2.75, 3.05) is 0 Å². The van der Waals surface area contributed by atoms with Crippen LogP contribution in [0.3, 0.4) is 0 Å². The third kappa shape index (κ3) is 2.28. The van der Waals surface area contributed by atoms with Crippen molar-refractivity contribution in [3.63, 3.8) is 0 Å². The van der Waals surface area contributed by atoms with E-state index >= 15 is 0 Å². The van der Waals surface area contributed by atoms with E-state index in [2.05, 4.69) is 11.1 Å². The number of fused-ring (bicyclic) bond motifs is 2. The van der Waals surface area contributed by atoms with E-state index in [1.165, 1.54) is 0 Å². The van der Waals surface area contributed by atoms with Crippen molar-refractivity contribution >= 4 is 28.7 Å². The average molecular weight is 329 g/mol. The van der Waals surface area contributed by atoms with Crippen LogP contribution in [0.25, 0.3) is 0 Å². The Morgan fingerprint density at radius 1 is 1.35 bits per heavy atom. The molecule has 0 spiro atoms. The maximum atomic E-state index is 11.2. The van der Waals surface area contributed by atoms with Crippen LogP contribution in [-0.4, -0.2) is 10.6 Å². The molecule has 0 amide bonds. The predicted octanol–water partition coefficient (Wildman–Crippen LogP) is 5.17. The van der Waals surface area contributed by atoms with Gasteiger partial charge in [0.05, 0.1) is 11.2 Å². The summed E-state index contributed by atoms with van der Waals surface area (Å²) in [6.45, 7) is 0. The molecule has 116 valence electrons. The van der Waals surface area contributed by atoms with Gasteiger partial charge in [-0.05, 0) is 36.5 Å². The third-order valence-corrected chi connectivity index (χ3v) is 4.68. The molecule has 4 rings (SSSR count). The van der Waals surface area contributed by atoms with E-state index in [1.54, 1.807) is 24.7 Å². The molecule has 0 saturated heterocycles. The molecular formula is C17H13ClN2O3. The van der Waals surface area contributed by atoms with E-state index in [9.17, 15) is 10.1 Å². The minimum Gasteiger partial charge on any atom is -0.470 e. The van der Waals surface area contributed by atoms with Crippen LogP contribution in [-0.2, 0) is 0 Å². The van der Waals surface area contributed by atoms with Gasteiger partial charge in [0.1, 0.15) is 17.0 Å². The van der Waals surface area contributed by atoms with Crippen LogP contribution >= 0.6 is 11.6 Å². The van der Waals surface area contributed by atoms with Crippen LogP contribution in [0.1, 0.15) is 36.3 Å². The van der Waals surface area contributed by atoms with Crippen LogP contribution in [0.15, 0.2) is 51.8 Å². The van der Waals surface area contributed by atoms with Crippen molar-refractivity contribution in [3.8, 4) is 0 Å². The first kappa shape index (κ1) is 14.2. The summed E-state index contributed by atoms with van der Waals surface area (Å²) in [7, 11) is 0. The highest BCUT2D eigenvalue weighted by molar-refractivity contribution is 6.32. The highest BCUT2D eigenvalue weighted by Gasteiger charge is 2.32. The molecule has 0 radical (unpaired) electrons. The smallest absolute Gasteiger partial charge is 0.288 e. The lowest BCUT2D eigenvalue weighted by Gasteiger charge is -2.28. The van der Waals surface area contributed by atoms with Crippen molar-refractivity contribution in [1.29, 1.82) is 0 Å². The van der Waals surface area contributed by atoms with E-state index in [0.717, 1.165) is 47.4 Å². The number of aliphatic imine (C=N–C) groups is 1. The molecule has 1 aromatic carbocycles. The minimum atomic E-state index is -0.449. The molecule has 1 aliphatic heterocycles. The van der Waals surface area contributed by atoms with Crippen molar-refractivity contribution in [2.24, 2.45) is 4.99 Å². The molecule has 0 saturated carbocycles. The fourth-order valence-electron chi connectivity index (χ4n) is 3.32. The first-order valence-electron chi connectivity index (χ1n) is 7.43. The van der Waals surface area contributed by atoms with Gasteiger partial charge in [0.15, 0.2) is 0 Å². The topological polar surface area (TPSA) is 68.6 Å². The number of hydrogen-bond donors (Lipinski definition) is 0. The maximum Gasteiger partial charge on any atom is 0.288 e. The predicted molar refractivity (Wildman–Crippen MR) is 87.7 cm³/mol. The Balaban J connectivity index is 1.90. The van der Waals surface area contributed by atoms with Crippen LogP contribution in [0.4, 0.5) is 11.4 Å². The summed E-state index contributed by atoms with van der Waals surface area (Å²) in [5, 5.41) is 11.3. The number of allylic oxidation sites excluding steroid dienone is 2. The van der Waals surface area contributed by atoms with E-state index in [-0.39, 0.29) is 16.6 Å². The molecule has 1 aliphatic carbocycles. The van der Waals surface area contributed by atoms with Gasteiger partial charge in [-0.2, -0.15) is 0 Å². The number of nitrogens with zero attached hydrogens (tertiary/aromatic N) is 2. The number of halogens is 1. The third-order valence-electron chi connectivity index (χ3n) is 4.36. The first-order chi connectivity index (χ1) is 11.1. The number of nitro benzene ring substituents is 1. The fraction of sp³-hybridized carbons (Fsp3) is 0.235. The number of rotatable bonds is 2. The van der Waals surface area contributed by atoms with Gasteiger partial charge in [-0.3, -0.25) is 10.1 Å². The van der Waals surface area contributed by atoms with Crippen molar-refractivity contribution < 1.29 is 9.34 Å². The molecule has 5 nitrogen and oxygen atoms in total. The normalized spacial score (nSPS) is 19.4. The Morgan fingerprint density at radius 3 is 3.04 bits per heavy atom. The number of hydrogen-bond acceptors (Lipinski definition) is 4. The van der Waals surface area contributed by atoms with Gasteiger partial charge in [-0.25, -0.2) is 4.99 Å². The summed E-state index contributed by atoms with van der Waals surface area (Å²) < 4.78 is 5.33. The van der Waals surface area contributed by atoms with Crippen LogP contribution in [0.2, 0.25) is 5.02 Å². The van der Waals surface area contributed by atoms with Gasteiger partial charge in [-0.1, -0.05) is 23.7 Å². The van der Waals surface area contributed by atoms with Crippen LogP contribution in [0.5, 0.6) is 0 Å². The monoisotopic (exact) mass is 328 g/mol. The lowest BCUT2D eigenvalue weighted by Crippen LogP contribution is -2.19. The highest BCUT2D eigenvalue weighted by Crippen LogP contribution is 2.45. The Morgan fingerprint density at radius 2 is 2.22 bits per heavy atom. The first-order valence-corrected chi connectivity index (χ1v) is 7.81. The molecule has 0 bridgehead atoms. The molecule has 2 aliphatic rings. The molecular weight excluding hydrogens is 316 g/mol. The molecule has 0 fully saturated rings. The molecule has 23 heavy (non-hydrogen) atoms. The molecule has 1 atom stereocenters. The summed E-state index contributed by atoms with van der Waals surface area (Å²) in [6, 6.07) is 4.99. The number of benzene rings is 1. The highest BCUT2D eigenvalue weighted by atomic mass is 35.5. The number of nitro groups is 1. The average Bonchev–Trinajstić information content (AvgIpc) is 3.01. The summed E-state index contributed by atoms with van der Waals surface area (Å²) in [5.74, 6) is -0.0903. The van der Waals surface area contributed by atoms with Gasteiger partial charge < -0.3 is 4.42 Å². The lowest BCUT2D eigenvalue weighted by atomic mass is 9.78. The van der Waals surface area contributed by atoms with Gasteiger partial charge in [0.25, 0.3) is 5.69 Å². The lowest BCUT2D eigenvalue weighted by molar-refractivity contribution is -0.384. The SMILES string of the molecule is O=[N+]([O-])c1cc(C2C3=CCCCC3=Nc3cocc32)ccc1Cl. The van der Waals surface area contributed by atoms with Crippen LogP contribution < -0.4 is 0 Å². The van der Waals surface area contributed by atoms with Crippen molar-refractivity contribution in [2.45, 2.75) is 25.2 Å². The zero-order valence-corrected chi connectivity index (χ0v) is 12.9. The Bertz CT molecular complexity index is 866. The molecule has 0 N–H and O–H groups in total. The van der Waals surface area contributed by atoms with Gasteiger partial charge in [-0.15, -0.1) is 0 Å². The standard InChI is InChI=1S/C17H13ClN2O3/c18-13-6-5-10(7-16(13)20(21)22)17-11-3-1-2-4-14(11)19-15-9-23-8-12(15)17/h3,5-9,17H,1-2,4H2. The fourth-order valence-corrected chi connectivity index (χ4v) is 3.51. The second-order valence-electron chi connectivity index (χ2n) is 5.72. The second kappa shape index (κ2) is 5.35. The Hall–Kier alpha value is -2.40. The number of furan rings is 1. The quantitative estimate of drug-likeness (QED) is 0.564. The molecule has 2 aromatic rings. The van der Waals surface area contributed by atoms with E-state index in [0.29, 0.717) is 0 Å². The van der Waals surface area contributed by atoms with Crippen molar-refractivity contribution in [1.82, 2.24) is 0 Å². The van der Waals surface area contributed by atoms with Crippen LogP contribution in [0, 0.1) is 10.1 Å². The van der Waals surface area contributed by atoms with E-state index < -0.39 is 4.92 Å². The molecule has 1 aromatic heterocycles.